The van der Waals surface area contributed by atoms with Crippen molar-refractivity contribution in [2.24, 2.45) is 0 Å². The number of halogens is 2. The number of hydrogen-bond acceptors (Lipinski definition) is 4. The Morgan fingerprint density at radius 3 is 2.41 bits per heavy atom. The Kier molecular flexibility index (Phi) is 7.25. The van der Waals surface area contributed by atoms with Crippen LogP contribution in [0.3, 0.4) is 0 Å². The molecule has 174 valence electrons. The topological polar surface area (TPSA) is 75.4 Å². The van der Waals surface area contributed by atoms with Crippen LogP contribution in [-0.4, -0.2) is 16.0 Å². The fourth-order valence-corrected chi connectivity index (χ4v) is 4.44. The van der Waals surface area contributed by atoms with Crippen molar-refractivity contribution < 1.29 is 14.3 Å². The number of rotatable bonds is 7. The van der Waals surface area contributed by atoms with Crippen LogP contribution in [0.1, 0.15) is 36.8 Å². The standard InChI is InChI=1S/C27H24Cl2N2O3/c1-3-8-19(18-14-13-16(2)15-22(18)32)25(33)31-27-24(23-20(28)11-7-12-21(23)29)30-26(34-27)17-9-5-4-6-10-17/h4-7,9-15,19,32H,3,8H2,1-2H3,(H,31,33). The molecule has 0 aliphatic heterocycles. The van der Waals surface area contributed by atoms with E-state index < -0.39 is 5.92 Å². The van der Waals surface area contributed by atoms with E-state index in [4.69, 9.17) is 27.6 Å². The van der Waals surface area contributed by atoms with Crippen molar-refractivity contribution in [1.29, 1.82) is 0 Å². The van der Waals surface area contributed by atoms with Gasteiger partial charge in [-0.25, -0.2) is 4.98 Å². The highest BCUT2D eigenvalue weighted by Crippen LogP contribution is 2.41. The summed E-state index contributed by atoms with van der Waals surface area (Å²) >= 11 is 12.9. The number of phenols is 1. The summed E-state index contributed by atoms with van der Waals surface area (Å²) in [5.74, 6) is -0.337. The van der Waals surface area contributed by atoms with Gasteiger partial charge < -0.3 is 9.52 Å². The van der Waals surface area contributed by atoms with Gasteiger partial charge in [0.15, 0.2) is 0 Å². The summed E-state index contributed by atoms with van der Waals surface area (Å²) in [4.78, 5) is 18.1. The number of aromatic hydroxyl groups is 1. The van der Waals surface area contributed by atoms with Crippen molar-refractivity contribution in [2.75, 3.05) is 5.32 Å². The van der Waals surface area contributed by atoms with E-state index in [2.05, 4.69) is 10.3 Å². The first-order valence-electron chi connectivity index (χ1n) is 11.0. The number of aromatic nitrogens is 1. The molecule has 0 aliphatic rings. The molecule has 0 saturated heterocycles. The molecule has 1 unspecified atom stereocenters. The smallest absolute Gasteiger partial charge is 0.234 e. The number of benzene rings is 3. The molecule has 1 atom stereocenters. The van der Waals surface area contributed by atoms with Crippen LogP contribution < -0.4 is 5.32 Å². The zero-order chi connectivity index (χ0) is 24.2. The number of carbonyl (C=O) groups is 1. The molecule has 1 aromatic heterocycles. The van der Waals surface area contributed by atoms with Crippen molar-refractivity contribution in [2.45, 2.75) is 32.6 Å². The summed E-state index contributed by atoms with van der Waals surface area (Å²) in [5.41, 5.74) is 3.03. The number of oxazole rings is 1. The third-order valence-corrected chi connectivity index (χ3v) is 6.17. The van der Waals surface area contributed by atoms with E-state index in [1.165, 1.54) is 0 Å². The number of hydrogen-bond donors (Lipinski definition) is 2. The molecule has 3 aromatic carbocycles. The molecule has 4 rings (SSSR count). The number of anilines is 1. The lowest BCUT2D eigenvalue weighted by Gasteiger charge is -2.18. The number of nitrogens with zero attached hydrogens (tertiary/aromatic N) is 1. The predicted octanol–water partition coefficient (Wildman–Crippen LogP) is 7.85. The van der Waals surface area contributed by atoms with Crippen LogP contribution in [0.25, 0.3) is 22.7 Å². The Balaban J connectivity index is 1.78. The maximum Gasteiger partial charge on any atom is 0.234 e. The van der Waals surface area contributed by atoms with Gasteiger partial charge >= 0.3 is 0 Å². The number of phenolic OH excluding ortho intramolecular Hbond substituents is 1. The second kappa shape index (κ2) is 10.3. The molecular formula is C27H24Cl2N2O3. The molecule has 5 nitrogen and oxygen atoms in total. The quantitative estimate of drug-likeness (QED) is 0.274. The first-order valence-corrected chi connectivity index (χ1v) is 11.8. The van der Waals surface area contributed by atoms with Gasteiger partial charge in [-0.3, -0.25) is 10.1 Å². The molecule has 0 radical (unpaired) electrons. The van der Waals surface area contributed by atoms with Gasteiger partial charge in [-0.1, -0.05) is 72.9 Å². The Labute approximate surface area is 208 Å². The molecule has 0 saturated carbocycles. The van der Waals surface area contributed by atoms with Gasteiger partial charge in [0.2, 0.25) is 17.7 Å². The lowest BCUT2D eigenvalue weighted by molar-refractivity contribution is -0.117. The second-order valence-corrected chi connectivity index (χ2v) is 8.87. The molecule has 1 amide bonds. The zero-order valence-corrected chi connectivity index (χ0v) is 20.3. The summed E-state index contributed by atoms with van der Waals surface area (Å²) in [6.07, 6.45) is 1.30. The molecule has 4 aromatic rings. The molecule has 1 heterocycles. The summed E-state index contributed by atoms with van der Waals surface area (Å²) in [5, 5.41) is 14.2. The first kappa shape index (κ1) is 23.9. The highest BCUT2D eigenvalue weighted by Gasteiger charge is 2.27. The number of aryl methyl sites for hydroxylation is 1. The van der Waals surface area contributed by atoms with Crippen LogP contribution in [0.15, 0.2) is 71.1 Å². The zero-order valence-electron chi connectivity index (χ0n) is 18.8. The SMILES string of the molecule is CCCC(C(=O)Nc1oc(-c2ccccc2)nc1-c1c(Cl)cccc1Cl)c1ccc(C)cc1O. The number of nitrogens with one attached hydrogen (secondary N) is 1. The Morgan fingerprint density at radius 2 is 1.76 bits per heavy atom. The Hall–Kier alpha value is -3.28. The van der Waals surface area contributed by atoms with E-state index in [0.717, 1.165) is 17.5 Å². The highest BCUT2D eigenvalue weighted by molar-refractivity contribution is 6.39. The number of amides is 1. The molecular weight excluding hydrogens is 471 g/mol. The van der Waals surface area contributed by atoms with Crippen LogP contribution in [0.5, 0.6) is 5.75 Å². The summed E-state index contributed by atoms with van der Waals surface area (Å²) in [6.45, 7) is 3.88. The largest absolute Gasteiger partial charge is 0.508 e. The first-order chi connectivity index (χ1) is 16.4. The van der Waals surface area contributed by atoms with E-state index >= 15 is 0 Å². The van der Waals surface area contributed by atoms with E-state index in [-0.39, 0.29) is 17.5 Å². The van der Waals surface area contributed by atoms with Crippen molar-refractivity contribution in [3.8, 4) is 28.5 Å². The molecule has 0 bridgehead atoms. The minimum atomic E-state index is -0.578. The van der Waals surface area contributed by atoms with E-state index in [1.54, 1.807) is 30.3 Å². The fourth-order valence-electron chi connectivity index (χ4n) is 3.87. The van der Waals surface area contributed by atoms with Crippen LogP contribution in [0, 0.1) is 6.92 Å². The van der Waals surface area contributed by atoms with E-state index in [9.17, 15) is 9.90 Å². The van der Waals surface area contributed by atoms with Crippen molar-refractivity contribution in [3.63, 3.8) is 0 Å². The molecule has 7 heteroatoms. The summed E-state index contributed by atoms with van der Waals surface area (Å²) in [6, 6.07) is 19.8. The third-order valence-electron chi connectivity index (χ3n) is 5.54. The van der Waals surface area contributed by atoms with Gasteiger partial charge in [0.1, 0.15) is 11.4 Å². The van der Waals surface area contributed by atoms with Gasteiger partial charge in [0, 0.05) is 16.7 Å². The molecule has 34 heavy (non-hydrogen) atoms. The average molecular weight is 495 g/mol. The minimum Gasteiger partial charge on any atom is -0.508 e. The molecule has 0 fully saturated rings. The molecule has 2 N–H and O–H groups in total. The fraction of sp³-hybridized carbons (Fsp3) is 0.185. The normalized spacial score (nSPS) is 11.9. The van der Waals surface area contributed by atoms with E-state index in [0.29, 0.717) is 39.2 Å². The summed E-state index contributed by atoms with van der Waals surface area (Å²) < 4.78 is 6.03. The summed E-state index contributed by atoms with van der Waals surface area (Å²) in [7, 11) is 0. The van der Waals surface area contributed by atoms with Crippen LogP contribution >= 0.6 is 23.2 Å². The molecule has 0 spiro atoms. The Bertz CT molecular complexity index is 1300. The van der Waals surface area contributed by atoms with Crippen LogP contribution in [0.2, 0.25) is 10.0 Å². The third kappa shape index (κ3) is 4.96. The van der Waals surface area contributed by atoms with Gasteiger partial charge in [0.05, 0.1) is 16.0 Å². The van der Waals surface area contributed by atoms with E-state index in [1.807, 2.05) is 50.2 Å². The van der Waals surface area contributed by atoms with Crippen molar-refractivity contribution in [1.82, 2.24) is 4.98 Å². The van der Waals surface area contributed by atoms with Crippen LogP contribution in [-0.2, 0) is 4.79 Å². The maximum absolute atomic E-state index is 13.5. The minimum absolute atomic E-state index is 0.0884. The Morgan fingerprint density at radius 1 is 1.06 bits per heavy atom. The van der Waals surface area contributed by atoms with Gasteiger partial charge in [-0.05, 0) is 49.2 Å². The lowest BCUT2D eigenvalue weighted by atomic mass is 9.92. The lowest BCUT2D eigenvalue weighted by Crippen LogP contribution is -2.21. The average Bonchev–Trinajstić information content (AvgIpc) is 3.21. The van der Waals surface area contributed by atoms with Gasteiger partial charge in [0.25, 0.3) is 0 Å². The van der Waals surface area contributed by atoms with Crippen molar-refractivity contribution >= 4 is 35.0 Å². The van der Waals surface area contributed by atoms with Gasteiger partial charge in [-0.2, -0.15) is 0 Å². The predicted molar refractivity (Wildman–Crippen MR) is 137 cm³/mol. The van der Waals surface area contributed by atoms with Crippen molar-refractivity contribution in [3.05, 3.63) is 87.9 Å². The molecule has 0 aliphatic carbocycles. The van der Waals surface area contributed by atoms with Crippen LogP contribution in [0.4, 0.5) is 5.88 Å². The second-order valence-electron chi connectivity index (χ2n) is 8.05. The highest BCUT2D eigenvalue weighted by atomic mass is 35.5. The maximum atomic E-state index is 13.5. The monoisotopic (exact) mass is 494 g/mol. The van der Waals surface area contributed by atoms with Gasteiger partial charge in [-0.15, -0.1) is 0 Å². The number of carbonyl (C=O) groups excluding carboxylic acids is 1.